The van der Waals surface area contributed by atoms with Crippen LogP contribution in [0.3, 0.4) is 0 Å². The average Bonchev–Trinajstić information content (AvgIpc) is 2.15. The van der Waals surface area contributed by atoms with Crippen LogP contribution in [-0.4, -0.2) is 11.0 Å². The van der Waals surface area contributed by atoms with Crippen molar-refractivity contribution in [3.8, 4) is 0 Å². The molecule has 1 atom stereocenters. The molecule has 0 aliphatic rings. The van der Waals surface area contributed by atoms with Gasteiger partial charge in [0.1, 0.15) is 4.99 Å². The third-order valence-electron chi connectivity index (χ3n) is 3.17. The predicted octanol–water partition coefficient (Wildman–Crippen LogP) is 3.48. The standard InChI is InChI=1S/C14H22N2S/c1-9-8-11(6-7-12(9)13(15)17)16-10(2)14(3,4)5/h6-8,10,16H,1-5H3,(H2,15,17). The van der Waals surface area contributed by atoms with E-state index in [4.69, 9.17) is 18.0 Å². The lowest BCUT2D eigenvalue weighted by Gasteiger charge is -2.29. The molecule has 17 heavy (non-hydrogen) atoms. The first kappa shape index (κ1) is 14.0. The number of hydrogen-bond donors (Lipinski definition) is 2. The summed E-state index contributed by atoms with van der Waals surface area (Å²) in [5, 5.41) is 3.50. The molecule has 1 unspecified atom stereocenters. The highest BCUT2D eigenvalue weighted by molar-refractivity contribution is 7.80. The number of nitrogens with two attached hydrogens (primary N) is 1. The Bertz CT molecular complexity index is 419. The van der Waals surface area contributed by atoms with Crippen LogP contribution in [0.5, 0.6) is 0 Å². The molecule has 0 aliphatic heterocycles. The van der Waals surface area contributed by atoms with Crippen molar-refractivity contribution in [2.24, 2.45) is 11.1 Å². The zero-order chi connectivity index (χ0) is 13.2. The molecule has 0 aromatic heterocycles. The summed E-state index contributed by atoms with van der Waals surface area (Å²) in [7, 11) is 0. The molecule has 0 saturated carbocycles. The maximum absolute atomic E-state index is 5.65. The van der Waals surface area contributed by atoms with E-state index in [2.05, 4.69) is 39.1 Å². The lowest BCUT2D eigenvalue weighted by Crippen LogP contribution is -2.30. The fraction of sp³-hybridized carbons (Fsp3) is 0.500. The maximum Gasteiger partial charge on any atom is 0.104 e. The summed E-state index contributed by atoms with van der Waals surface area (Å²) in [6.45, 7) is 10.9. The normalized spacial score (nSPS) is 13.2. The summed E-state index contributed by atoms with van der Waals surface area (Å²) in [6.07, 6.45) is 0. The third kappa shape index (κ3) is 3.70. The van der Waals surface area contributed by atoms with Crippen molar-refractivity contribution in [2.75, 3.05) is 5.32 Å². The topological polar surface area (TPSA) is 38.0 Å². The van der Waals surface area contributed by atoms with Gasteiger partial charge in [0.25, 0.3) is 0 Å². The Kier molecular flexibility index (Phi) is 4.15. The van der Waals surface area contributed by atoms with E-state index in [1.165, 1.54) is 0 Å². The number of anilines is 1. The predicted molar refractivity (Wildman–Crippen MR) is 79.6 cm³/mol. The van der Waals surface area contributed by atoms with Crippen LogP contribution in [-0.2, 0) is 0 Å². The van der Waals surface area contributed by atoms with Crippen molar-refractivity contribution >= 4 is 22.9 Å². The summed E-state index contributed by atoms with van der Waals surface area (Å²) >= 11 is 5.00. The molecule has 0 amide bonds. The first-order valence-electron chi connectivity index (χ1n) is 5.89. The van der Waals surface area contributed by atoms with E-state index in [-0.39, 0.29) is 5.41 Å². The van der Waals surface area contributed by atoms with E-state index in [0.29, 0.717) is 11.0 Å². The molecule has 0 radical (unpaired) electrons. The van der Waals surface area contributed by atoms with Crippen LogP contribution in [0.2, 0.25) is 0 Å². The van der Waals surface area contributed by atoms with Crippen molar-refractivity contribution in [1.82, 2.24) is 0 Å². The van der Waals surface area contributed by atoms with Gasteiger partial charge in [0, 0.05) is 17.3 Å². The summed E-state index contributed by atoms with van der Waals surface area (Å²) in [5.74, 6) is 0. The van der Waals surface area contributed by atoms with Gasteiger partial charge < -0.3 is 11.1 Å². The van der Waals surface area contributed by atoms with Crippen molar-refractivity contribution in [3.05, 3.63) is 29.3 Å². The Morgan fingerprint density at radius 3 is 2.35 bits per heavy atom. The number of hydrogen-bond acceptors (Lipinski definition) is 2. The van der Waals surface area contributed by atoms with E-state index in [9.17, 15) is 0 Å². The molecule has 0 heterocycles. The van der Waals surface area contributed by atoms with Crippen molar-refractivity contribution < 1.29 is 0 Å². The van der Waals surface area contributed by atoms with Crippen LogP contribution in [0.25, 0.3) is 0 Å². The maximum atomic E-state index is 5.65. The Morgan fingerprint density at radius 1 is 1.35 bits per heavy atom. The van der Waals surface area contributed by atoms with Crippen LogP contribution in [0.15, 0.2) is 18.2 Å². The van der Waals surface area contributed by atoms with E-state index in [0.717, 1.165) is 16.8 Å². The van der Waals surface area contributed by atoms with Gasteiger partial charge in [-0.1, -0.05) is 33.0 Å². The highest BCUT2D eigenvalue weighted by Crippen LogP contribution is 2.24. The fourth-order valence-electron chi connectivity index (χ4n) is 1.50. The molecule has 0 spiro atoms. The van der Waals surface area contributed by atoms with Crippen LogP contribution >= 0.6 is 12.2 Å². The second-order valence-electron chi connectivity index (χ2n) is 5.63. The van der Waals surface area contributed by atoms with Crippen LogP contribution in [0, 0.1) is 12.3 Å². The van der Waals surface area contributed by atoms with Gasteiger partial charge in [0.05, 0.1) is 0 Å². The molecule has 3 heteroatoms. The van der Waals surface area contributed by atoms with Gasteiger partial charge in [-0.05, 0) is 43.0 Å². The molecule has 1 rings (SSSR count). The molecule has 2 nitrogen and oxygen atoms in total. The highest BCUT2D eigenvalue weighted by atomic mass is 32.1. The Balaban J connectivity index is 2.88. The fourth-order valence-corrected chi connectivity index (χ4v) is 1.73. The largest absolute Gasteiger partial charge is 0.389 e. The SMILES string of the molecule is Cc1cc(NC(C)C(C)(C)C)ccc1C(N)=S. The zero-order valence-electron chi connectivity index (χ0n) is 11.3. The number of thiocarbonyl (C=S) groups is 1. The monoisotopic (exact) mass is 250 g/mol. The number of rotatable bonds is 3. The van der Waals surface area contributed by atoms with Crippen molar-refractivity contribution in [3.63, 3.8) is 0 Å². The minimum Gasteiger partial charge on any atom is -0.389 e. The van der Waals surface area contributed by atoms with E-state index in [1.807, 2.05) is 19.1 Å². The number of benzene rings is 1. The average molecular weight is 250 g/mol. The first-order valence-corrected chi connectivity index (χ1v) is 6.29. The Hall–Kier alpha value is -1.09. The van der Waals surface area contributed by atoms with Gasteiger partial charge in [-0.25, -0.2) is 0 Å². The molecule has 0 fully saturated rings. The molecule has 94 valence electrons. The molecular weight excluding hydrogens is 228 g/mol. The highest BCUT2D eigenvalue weighted by Gasteiger charge is 2.19. The summed E-state index contributed by atoms with van der Waals surface area (Å²) in [4.78, 5) is 0.456. The summed E-state index contributed by atoms with van der Waals surface area (Å²) < 4.78 is 0. The molecule has 3 N–H and O–H groups in total. The minimum absolute atomic E-state index is 0.232. The smallest absolute Gasteiger partial charge is 0.104 e. The quantitative estimate of drug-likeness (QED) is 0.807. The van der Waals surface area contributed by atoms with Gasteiger partial charge in [-0.15, -0.1) is 0 Å². The lowest BCUT2D eigenvalue weighted by atomic mass is 9.88. The first-order chi connectivity index (χ1) is 7.71. The Morgan fingerprint density at radius 2 is 1.94 bits per heavy atom. The Labute approximate surface area is 110 Å². The van der Waals surface area contributed by atoms with Gasteiger partial charge in [0.2, 0.25) is 0 Å². The van der Waals surface area contributed by atoms with Crippen molar-refractivity contribution in [1.29, 1.82) is 0 Å². The van der Waals surface area contributed by atoms with Gasteiger partial charge in [-0.2, -0.15) is 0 Å². The molecular formula is C14H22N2S. The van der Waals surface area contributed by atoms with Crippen molar-refractivity contribution in [2.45, 2.75) is 40.7 Å². The summed E-state index contributed by atoms with van der Waals surface area (Å²) in [6, 6.07) is 6.51. The summed E-state index contributed by atoms with van der Waals surface area (Å²) in [5.41, 5.74) is 9.06. The number of aryl methyl sites for hydroxylation is 1. The van der Waals surface area contributed by atoms with Crippen LogP contribution in [0.4, 0.5) is 5.69 Å². The second-order valence-corrected chi connectivity index (χ2v) is 6.07. The molecule has 0 bridgehead atoms. The lowest BCUT2D eigenvalue weighted by molar-refractivity contribution is 0.359. The molecule has 1 aromatic rings. The molecule has 1 aromatic carbocycles. The second kappa shape index (κ2) is 5.05. The third-order valence-corrected chi connectivity index (χ3v) is 3.39. The zero-order valence-corrected chi connectivity index (χ0v) is 12.1. The number of nitrogens with one attached hydrogen (secondary N) is 1. The van der Waals surface area contributed by atoms with Gasteiger partial charge in [-0.3, -0.25) is 0 Å². The van der Waals surface area contributed by atoms with E-state index >= 15 is 0 Å². The van der Waals surface area contributed by atoms with Gasteiger partial charge in [0.15, 0.2) is 0 Å². The molecule has 0 saturated heterocycles. The van der Waals surface area contributed by atoms with E-state index in [1.54, 1.807) is 0 Å². The van der Waals surface area contributed by atoms with Crippen LogP contribution < -0.4 is 11.1 Å². The molecule has 0 aliphatic carbocycles. The van der Waals surface area contributed by atoms with Gasteiger partial charge >= 0.3 is 0 Å². The van der Waals surface area contributed by atoms with Crippen LogP contribution in [0.1, 0.15) is 38.8 Å². The van der Waals surface area contributed by atoms with E-state index < -0.39 is 0 Å². The minimum atomic E-state index is 0.232.